The van der Waals surface area contributed by atoms with Gasteiger partial charge < -0.3 is 4.55 Å². The third-order valence-electron chi connectivity index (χ3n) is 4.20. The van der Waals surface area contributed by atoms with Crippen molar-refractivity contribution < 1.29 is 23.5 Å². The molecule has 2 aromatic carbocycles. The highest BCUT2D eigenvalue weighted by molar-refractivity contribution is 7.79. The Hall–Kier alpha value is -2.09. The Labute approximate surface area is 155 Å². The van der Waals surface area contributed by atoms with Crippen molar-refractivity contribution in [3.8, 4) is 0 Å². The largest absolute Gasteiger partial charge is 0.726 e. The van der Waals surface area contributed by atoms with E-state index in [-0.39, 0.29) is 1.43 Å². The van der Waals surface area contributed by atoms with E-state index in [1.54, 1.807) is 0 Å². The van der Waals surface area contributed by atoms with Crippen LogP contribution < -0.4 is 4.57 Å². The first-order valence-electron chi connectivity index (χ1n) is 8.65. The molecular formula is C19H26N2O4S. The zero-order chi connectivity index (χ0) is 19.2. The van der Waals surface area contributed by atoms with E-state index in [0.29, 0.717) is 0 Å². The van der Waals surface area contributed by atoms with Gasteiger partial charge in [0.2, 0.25) is 21.4 Å². The minimum absolute atomic E-state index is 0. The van der Waals surface area contributed by atoms with Crippen LogP contribution in [0.5, 0.6) is 0 Å². The van der Waals surface area contributed by atoms with Crippen molar-refractivity contribution in [1.29, 1.82) is 0 Å². The van der Waals surface area contributed by atoms with Crippen molar-refractivity contribution >= 4 is 32.5 Å². The number of aromatic nitrogens is 2. The van der Waals surface area contributed by atoms with Crippen LogP contribution in [0.1, 0.15) is 39.6 Å². The molecule has 26 heavy (non-hydrogen) atoms. The number of benzene rings is 2. The minimum Gasteiger partial charge on any atom is -0.726 e. The first-order chi connectivity index (χ1) is 12.3. The fourth-order valence-electron chi connectivity index (χ4n) is 2.96. The molecule has 0 atom stereocenters. The van der Waals surface area contributed by atoms with Crippen molar-refractivity contribution in [2.75, 3.05) is 0 Å². The number of para-hydroxylation sites is 2. The summed E-state index contributed by atoms with van der Waals surface area (Å²) in [7, 11) is -2.80. The number of unbranched alkanes of at least 4 members (excludes halogenated alkanes) is 3. The second-order valence-corrected chi connectivity index (χ2v) is 7.08. The summed E-state index contributed by atoms with van der Waals surface area (Å²) in [5.74, 6) is 0. The number of aryl methyl sites for hydroxylation is 2. The smallest absolute Gasteiger partial charge is 0.231 e. The van der Waals surface area contributed by atoms with Crippen LogP contribution in [0.3, 0.4) is 0 Å². The van der Waals surface area contributed by atoms with E-state index in [1.165, 1.54) is 42.3 Å². The van der Waals surface area contributed by atoms with Gasteiger partial charge >= 0.3 is 0 Å². The van der Waals surface area contributed by atoms with E-state index in [4.69, 9.17) is 22.5 Å². The first kappa shape index (κ1) is 20.2. The Balaban J connectivity index is 0.000000542. The molecule has 1 aromatic heterocycles. The zero-order valence-electron chi connectivity index (χ0n) is 15.1. The van der Waals surface area contributed by atoms with Gasteiger partial charge in [-0.25, -0.2) is 13.4 Å². The third kappa shape index (κ3) is 6.01. The van der Waals surface area contributed by atoms with E-state index in [1.807, 2.05) is 0 Å². The molecule has 0 spiro atoms. The van der Waals surface area contributed by atoms with Gasteiger partial charge in [0.05, 0.1) is 0 Å². The molecule has 0 saturated heterocycles. The van der Waals surface area contributed by atoms with Crippen molar-refractivity contribution in [2.45, 2.75) is 39.0 Å². The van der Waals surface area contributed by atoms with Crippen LogP contribution in [0.2, 0.25) is 0 Å². The first-order valence-corrected chi connectivity index (χ1v) is 10.0. The Kier molecular flexibility index (Phi) is 7.02. The quantitative estimate of drug-likeness (QED) is 0.241. The molecule has 0 unspecified atom stereocenters. The predicted octanol–water partition coefficient (Wildman–Crippen LogP) is 3.59. The second kappa shape index (κ2) is 9.02. The Morgan fingerprint density at radius 1 is 1.08 bits per heavy atom. The summed E-state index contributed by atoms with van der Waals surface area (Å²) in [6.45, 7) is 2.26. The monoisotopic (exact) mass is 378 g/mol. The summed E-state index contributed by atoms with van der Waals surface area (Å²) in [6, 6.07) is 15.1. The lowest BCUT2D eigenvalue weighted by atomic mass is 10.1. The number of nitrogens with zero attached hydrogens (tertiary/aromatic N) is 2. The van der Waals surface area contributed by atoms with Crippen LogP contribution in [0, 0.1) is 0 Å². The lowest BCUT2D eigenvalue weighted by molar-refractivity contribution is -0.617. The maximum atomic E-state index is 8.63. The van der Waals surface area contributed by atoms with Gasteiger partial charge in [0.15, 0.2) is 0 Å². The van der Waals surface area contributed by atoms with Gasteiger partial charge in [-0.05, 0) is 30.5 Å². The predicted molar refractivity (Wildman–Crippen MR) is 103 cm³/mol. The van der Waals surface area contributed by atoms with E-state index < -0.39 is 10.4 Å². The standard InChI is InChI=1S/C19H23N2.H2O4S.H2/c1-3-4-5-6-9-15-12-13-19-17(14-15)20-16-10-7-8-11-18(16)21(19)2;1-5(2,3)4;/h7-8,10-14H,3-6,9H2,1-2H3;(H2,1,2,3,4);1H/q+1;;/p-1. The number of rotatable bonds is 5. The molecule has 3 aromatic rings. The van der Waals surface area contributed by atoms with Gasteiger partial charge in [-0.2, -0.15) is 4.57 Å². The fraction of sp³-hybridized carbons (Fsp3) is 0.368. The average Bonchev–Trinajstić information content (AvgIpc) is 2.57. The summed E-state index contributed by atoms with van der Waals surface area (Å²) < 4.78 is 35.1. The van der Waals surface area contributed by atoms with E-state index in [0.717, 1.165) is 17.5 Å². The molecule has 7 heteroatoms. The molecule has 1 N–H and O–H groups in total. The lowest BCUT2D eigenvalue weighted by Gasteiger charge is -2.04. The Morgan fingerprint density at radius 3 is 2.42 bits per heavy atom. The molecule has 1 heterocycles. The molecule has 6 nitrogen and oxygen atoms in total. The second-order valence-electron chi connectivity index (χ2n) is 6.22. The van der Waals surface area contributed by atoms with Gasteiger partial charge in [0.25, 0.3) is 0 Å². The number of hydrogen-bond donors (Lipinski definition) is 1. The number of hydrogen-bond acceptors (Lipinski definition) is 4. The van der Waals surface area contributed by atoms with Gasteiger partial charge in [-0.1, -0.05) is 44.4 Å². The summed E-state index contributed by atoms with van der Waals surface area (Å²) in [5.41, 5.74) is 5.95. The van der Waals surface area contributed by atoms with Gasteiger partial charge in [0, 0.05) is 13.6 Å². The van der Waals surface area contributed by atoms with Crippen molar-refractivity contribution in [2.24, 2.45) is 7.05 Å². The summed E-state index contributed by atoms with van der Waals surface area (Å²) >= 11 is 0. The van der Waals surface area contributed by atoms with Crippen molar-refractivity contribution in [1.82, 2.24) is 4.98 Å². The molecule has 3 rings (SSSR count). The summed E-state index contributed by atoms with van der Waals surface area (Å²) in [5, 5.41) is 0. The van der Waals surface area contributed by atoms with Crippen LogP contribution in [0.15, 0.2) is 42.5 Å². The summed E-state index contributed by atoms with van der Waals surface area (Å²) in [6.07, 6.45) is 6.40. The zero-order valence-corrected chi connectivity index (χ0v) is 15.9. The molecule has 0 saturated carbocycles. The highest BCUT2D eigenvalue weighted by Crippen LogP contribution is 2.17. The molecular weight excluding hydrogens is 352 g/mol. The number of fused-ring (bicyclic) bond motifs is 2. The molecule has 142 valence electrons. The Bertz CT molecular complexity index is 986. The molecule has 0 aliphatic carbocycles. The van der Waals surface area contributed by atoms with Gasteiger partial charge in [-0.3, -0.25) is 4.55 Å². The summed E-state index contributed by atoms with van der Waals surface area (Å²) in [4.78, 5) is 4.82. The van der Waals surface area contributed by atoms with Crippen LogP contribution in [-0.2, 0) is 23.9 Å². The maximum Gasteiger partial charge on any atom is 0.231 e. The highest BCUT2D eigenvalue weighted by Gasteiger charge is 2.12. The maximum absolute atomic E-state index is 8.63. The van der Waals surface area contributed by atoms with Crippen LogP contribution in [0.25, 0.3) is 22.1 Å². The topological polar surface area (TPSA) is 94.2 Å². The van der Waals surface area contributed by atoms with E-state index >= 15 is 0 Å². The van der Waals surface area contributed by atoms with Crippen molar-refractivity contribution in [3.05, 3.63) is 48.0 Å². The van der Waals surface area contributed by atoms with Crippen LogP contribution >= 0.6 is 0 Å². The molecule has 0 amide bonds. The van der Waals surface area contributed by atoms with Crippen LogP contribution in [-0.4, -0.2) is 22.5 Å². The minimum atomic E-state index is -4.92. The van der Waals surface area contributed by atoms with Gasteiger partial charge in [0.1, 0.15) is 18.1 Å². The average molecular weight is 378 g/mol. The molecule has 0 aliphatic heterocycles. The van der Waals surface area contributed by atoms with Crippen molar-refractivity contribution in [3.63, 3.8) is 0 Å². The van der Waals surface area contributed by atoms with E-state index in [2.05, 4.69) is 61.0 Å². The SMILES string of the molecule is CCCCCCc1ccc2c(c1)nc1ccccc1[n+]2C.O=S(=O)([O-])O.[HH]. The molecule has 0 bridgehead atoms. The van der Waals surface area contributed by atoms with Gasteiger partial charge in [-0.15, -0.1) is 0 Å². The molecule has 0 fully saturated rings. The van der Waals surface area contributed by atoms with Crippen LogP contribution in [0.4, 0.5) is 0 Å². The fourth-order valence-corrected chi connectivity index (χ4v) is 2.96. The Morgan fingerprint density at radius 2 is 1.73 bits per heavy atom. The molecule has 0 aliphatic rings. The highest BCUT2D eigenvalue weighted by atomic mass is 32.3. The molecule has 0 radical (unpaired) electrons. The van der Waals surface area contributed by atoms with E-state index in [9.17, 15) is 0 Å². The lowest BCUT2D eigenvalue weighted by Crippen LogP contribution is -2.30. The normalized spacial score (nSPS) is 11.4. The third-order valence-corrected chi connectivity index (χ3v) is 4.20.